The molecular weight excluding hydrogens is 328 g/mol. The SMILES string of the molecule is CC(C)c1ccc(O[C@@H](C)CNC(=O)N2CCC(O)(C3CC3)CC2)cc1. The van der Waals surface area contributed by atoms with E-state index in [4.69, 9.17) is 4.74 Å². The Morgan fingerprint density at radius 2 is 1.85 bits per heavy atom. The van der Waals surface area contributed by atoms with E-state index in [1.807, 2.05) is 19.1 Å². The van der Waals surface area contributed by atoms with Crippen molar-refractivity contribution in [2.75, 3.05) is 19.6 Å². The van der Waals surface area contributed by atoms with Crippen LogP contribution in [-0.4, -0.2) is 47.4 Å². The number of hydrogen-bond acceptors (Lipinski definition) is 3. The van der Waals surface area contributed by atoms with E-state index in [-0.39, 0.29) is 12.1 Å². The van der Waals surface area contributed by atoms with Gasteiger partial charge in [-0.2, -0.15) is 0 Å². The third-order valence-corrected chi connectivity index (χ3v) is 5.68. The summed E-state index contributed by atoms with van der Waals surface area (Å²) in [5.74, 6) is 1.79. The molecule has 1 aromatic rings. The molecule has 0 radical (unpaired) electrons. The van der Waals surface area contributed by atoms with Crippen LogP contribution in [0.5, 0.6) is 5.75 Å². The summed E-state index contributed by atoms with van der Waals surface area (Å²) in [7, 11) is 0. The highest BCUT2D eigenvalue weighted by atomic mass is 16.5. The first kappa shape index (κ1) is 19.0. The smallest absolute Gasteiger partial charge is 0.317 e. The highest BCUT2D eigenvalue weighted by Crippen LogP contribution is 2.44. The van der Waals surface area contributed by atoms with Crippen LogP contribution >= 0.6 is 0 Å². The van der Waals surface area contributed by atoms with Gasteiger partial charge in [-0.25, -0.2) is 4.79 Å². The molecule has 1 aromatic carbocycles. The molecular formula is C21H32N2O3. The lowest BCUT2D eigenvalue weighted by Crippen LogP contribution is -2.51. The highest BCUT2D eigenvalue weighted by molar-refractivity contribution is 5.74. The second-order valence-electron chi connectivity index (χ2n) is 8.20. The Bertz CT molecular complexity index is 602. The Hall–Kier alpha value is -1.75. The number of aliphatic hydroxyl groups is 1. The minimum absolute atomic E-state index is 0.0616. The number of ether oxygens (including phenoxy) is 1. The molecule has 0 unspecified atom stereocenters. The van der Waals surface area contributed by atoms with Crippen molar-refractivity contribution in [1.82, 2.24) is 10.2 Å². The van der Waals surface area contributed by atoms with Gasteiger partial charge in [0, 0.05) is 13.1 Å². The molecule has 2 fully saturated rings. The van der Waals surface area contributed by atoms with E-state index in [9.17, 15) is 9.90 Å². The van der Waals surface area contributed by atoms with Gasteiger partial charge in [0.05, 0.1) is 12.1 Å². The summed E-state index contributed by atoms with van der Waals surface area (Å²) in [6.45, 7) is 8.02. The summed E-state index contributed by atoms with van der Waals surface area (Å²) in [5, 5.41) is 13.5. The van der Waals surface area contributed by atoms with Gasteiger partial charge in [-0.05, 0) is 62.1 Å². The fourth-order valence-electron chi connectivity index (χ4n) is 3.67. The van der Waals surface area contributed by atoms with Crippen molar-refractivity contribution in [3.05, 3.63) is 29.8 Å². The Balaban J connectivity index is 1.40. The number of carbonyl (C=O) groups excluding carboxylic acids is 1. The van der Waals surface area contributed by atoms with Crippen LogP contribution in [0, 0.1) is 5.92 Å². The van der Waals surface area contributed by atoms with Crippen LogP contribution < -0.4 is 10.1 Å². The number of rotatable bonds is 6. The summed E-state index contributed by atoms with van der Waals surface area (Å²) < 4.78 is 5.89. The first-order chi connectivity index (χ1) is 12.4. The van der Waals surface area contributed by atoms with Crippen LogP contribution in [0.25, 0.3) is 0 Å². The number of hydrogen-bond donors (Lipinski definition) is 2. The topological polar surface area (TPSA) is 61.8 Å². The number of likely N-dealkylation sites (tertiary alicyclic amines) is 1. The molecule has 2 amide bonds. The lowest BCUT2D eigenvalue weighted by atomic mass is 9.87. The predicted octanol–water partition coefficient (Wildman–Crippen LogP) is 3.52. The summed E-state index contributed by atoms with van der Waals surface area (Å²) in [6, 6.07) is 8.07. The van der Waals surface area contributed by atoms with Gasteiger partial charge in [-0.1, -0.05) is 26.0 Å². The molecule has 0 spiro atoms. The molecule has 5 heteroatoms. The molecule has 2 N–H and O–H groups in total. The van der Waals surface area contributed by atoms with Crippen LogP contribution in [0.2, 0.25) is 0 Å². The largest absolute Gasteiger partial charge is 0.489 e. The Kier molecular flexibility index (Phi) is 5.76. The van der Waals surface area contributed by atoms with Crippen molar-refractivity contribution in [3.63, 3.8) is 0 Å². The Morgan fingerprint density at radius 3 is 2.38 bits per heavy atom. The van der Waals surface area contributed by atoms with Crippen molar-refractivity contribution in [2.45, 2.75) is 64.1 Å². The van der Waals surface area contributed by atoms with Gasteiger partial charge in [-0.3, -0.25) is 0 Å². The molecule has 1 aliphatic carbocycles. The number of carbonyl (C=O) groups is 1. The summed E-state index contributed by atoms with van der Waals surface area (Å²) in [6.07, 6.45) is 3.56. The fourth-order valence-corrected chi connectivity index (χ4v) is 3.67. The Labute approximate surface area is 156 Å². The lowest BCUT2D eigenvalue weighted by molar-refractivity contribution is -0.0308. The number of urea groups is 1. The predicted molar refractivity (Wildman–Crippen MR) is 103 cm³/mol. The van der Waals surface area contributed by atoms with Crippen LogP contribution in [0.3, 0.4) is 0 Å². The van der Waals surface area contributed by atoms with E-state index >= 15 is 0 Å². The van der Waals surface area contributed by atoms with E-state index in [1.165, 1.54) is 5.56 Å². The van der Waals surface area contributed by atoms with Gasteiger partial charge in [-0.15, -0.1) is 0 Å². The molecule has 1 atom stereocenters. The minimum Gasteiger partial charge on any atom is -0.489 e. The van der Waals surface area contributed by atoms with Gasteiger partial charge >= 0.3 is 6.03 Å². The molecule has 1 heterocycles. The van der Waals surface area contributed by atoms with Crippen molar-refractivity contribution < 1.29 is 14.6 Å². The molecule has 0 aromatic heterocycles. The molecule has 144 valence electrons. The fraction of sp³-hybridized carbons (Fsp3) is 0.667. The van der Waals surface area contributed by atoms with Crippen LogP contribution in [-0.2, 0) is 0 Å². The summed E-state index contributed by atoms with van der Waals surface area (Å²) >= 11 is 0. The first-order valence-electron chi connectivity index (χ1n) is 9.89. The molecule has 5 nitrogen and oxygen atoms in total. The van der Waals surface area contributed by atoms with E-state index < -0.39 is 5.60 Å². The van der Waals surface area contributed by atoms with E-state index in [1.54, 1.807) is 4.90 Å². The molecule has 1 aliphatic heterocycles. The zero-order chi connectivity index (χ0) is 18.7. The summed E-state index contributed by atoms with van der Waals surface area (Å²) in [4.78, 5) is 14.2. The normalized spacial score (nSPS) is 20.7. The number of nitrogens with one attached hydrogen (secondary N) is 1. The van der Waals surface area contributed by atoms with Crippen LogP contribution in [0.15, 0.2) is 24.3 Å². The molecule has 3 rings (SSSR count). The molecule has 1 saturated carbocycles. The summed E-state index contributed by atoms with van der Waals surface area (Å²) in [5.41, 5.74) is 0.754. The molecule has 2 aliphatic rings. The lowest BCUT2D eigenvalue weighted by Gasteiger charge is -2.38. The second-order valence-corrected chi connectivity index (χ2v) is 8.20. The van der Waals surface area contributed by atoms with Crippen molar-refractivity contribution in [3.8, 4) is 5.75 Å². The van der Waals surface area contributed by atoms with E-state index in [2.05, 4.69) is 31.3 Å². The third-order valence-electron chi connectivity index (χ3n) is 5.68. The second kappa shape index (κ2) is 7.87. The van der Waals surface area contributed by atoms with Crippen LogP contribution in [0.1, 0.15) is 57.9 Å². The molecule has 1 saturated heterocycles. The number of benzene rings is 1. The van der Waals surface area contributed by atoms with Gasteiger partial charge in [0.15, 0.2) is 0 Å². The number of amides is 2. The maximum atomic E-state index is 12.3. The van der Waals surface area contributed by atoms with Crippen molar-refractivity contribution in [1.29, 1.82) is 0 Å². The van der Waals surface area contributed by atoms with Crippen molar-refractivity contribution >= 4 is 6.03 Å². The average Bonchev–Trinajstić information content (AvgIpc) is 3.46. The van der Waals surface area contributed by atoms with E-state index in [0.29, 0.717) is 44.3 Å². The molecule has 26 heavy (non-hydrogen) atoms. The maximum Gasteiger partial charge on any atom is 0.317 e. The van der Waals surface area contributed by atoms with Gasteiger partial charge in [0.25, 0.3) is 0 Å². The first-order valence-corrected chi connectivity index (χ1v) is 9.89. The molecule has 0 bridgehead atoms. The highest BCUT2D eigenvalue weighted by Gasteiger charge is 2.45. The Morgan fingerprint density at radius 1 is 1.23 bits per heavy atom. The maximum absolute atomic E-state index is 12.3. The quantitative estimate of drug-likeness (QED) is 0.816. The zero-order valence-corrected chi connectivity index (χ0v) is 16.2. The third kappa shape index (κ3) is 4.70. The zero-order valence-electron chi connectivity index (χ0n) is 16.2. The van der Waals surface area contributed by atoms with Gasteiger partial charge in [0.2, 0.25) is 0 Å². The van der Waals surface area contributed by atoms with Gasteiger partial charge in [0.1, 0.15) is 11.9 Å². The number of nitrogens with zero attached hydrogens (tertiary/aromatic N) is 1. The minimum atomic E-state index is -0.532. The van der Waals surface area contributed by atoms with E-state index in [0.717, 1.165) is 18.6 Å². The average molecular weight is 360 g/mol. The van der Waals surface area contributed by atoms with Crippen LogP contribution in [0.4, 0.5) is 4.79 Å². The van der Waals surface area contributed by atoms with Gasteiger partial charge < -0.3 is 20.1 Å². The van der Waals surface area contributed by atoms with Crippen molar-refractivity contribution in [2.24, 2.45) is 5.92 Å². The standard InChI is InChI=1S/C21H32N2O3/c1-15(2)17-4-8-19(9-5-17)26-16(3)14-22-20(24)23-12-10-21(25,11-13-23)18-6-7-18/h4-5,8-9,15-16,18,25H,6-7,10-14H2,1-3H3,(H,22,24)/t16-/m0/s1. The number of piperidine rings is 1. The monoisotopic (exact) mass is 360 g/mol.